The van der Waals surface area contributed by atoms with Crippen molar-refractivity contribution in [3.05, 3.63) is 35.9 Å². The lowest BCUT2D eigenvalue weighted by Crippen LogP contribution is -2.42. The molecule has 1 N–H and O–H groups in total. The standard InChI is InChI=1S/C14H16NO6P/c1-20-13(17)12(7-8-22(19)10-16)15-14(18)21-9-11-5-3-2-4-6-11/h2-6,10,12H,7-9H2,1H3/p+1. The number of methoxy groups -OCH3 is 1. The molecule has 0 fully saturated rings. The fourth-order valence-corrected chi connectivity index (χ4v) is 2.23. The minimum atomic E-state index is -2.04. The highest BCUT2D eigenvalue weighted by Crippen LogP contribution is 2.17. The van der Waals surface area contributed by atoms with E-state index in [4.69, 9.17) is 4.74 Å². The molecule has 0 heterocycles. The molecule has 22 heavy (non-hydrogen) atoms. The Kier molecular flexibility index (Phi) is 7.78. The number of rotatable bonds is 8. The molecule has 0 aliphatic heterocycles. The van der Waals surface area contributed by atoms with Gasteiger partial charge >= 0.3 is 25.9 Å². The van der Waals surface area contributed by atoms with Crippen LogP contribution in [0.2, 0.25) is 0 Å². The van der Waals surface area contributed by atoms with E-state index in [1.165, 1.54) is 7.11 Å². The third kappa shape index (κ3) is 6.45. The van der Waals surface area contributed by atoms with Crippen molar-refractivity contribution in [1.82, 2.24) is 5.32 Å². The predicted octanol–water partition coefficient (Wildman–Crippen LogP) is 1.86. The van der Waals surface area contributed by atoms with Crippen molar-refractivity contribution in [2.24, 2.45) is 0 Å². The number of nitrogens with one attached hydrogen (secondary N) is 1. The first-order chi connectivity index (χ1) is 10.6. The van der Waals surface area contributed by atoms with Crippen LogP contribution in [0.3, 0.4) is 0 Å². The van der Waals surface area contributed by atoms with Crippen molar-refractivity contribution in [1.29, 1.82) is 0 Å². The van der Waals surface area contributed by atoms with E-state index in [1.54, 1.807) is 12.1 Å². The van der Waals surface area contributed by atoms with E-state index in [0.717, 1.165) is 5.56 Å². The number of alkyl carbamates (subject to hydrolysis) is 1. The van der Waals surface area contributed by atoms with Crippen molar-refractivity contribution in [3.8, 4) is 0 Å². The molecule has 8 heteroatoms. The fourth-order valence-electron chi connectivity index (χ4n) is 1.61. The molecule has 0 bridgehead atoms. The lowest BCUT2D eigenvalue weighted by atomic mass is 10.2. The van der Waals surface area contributed by atoms with Crippen LogP contribution in [0.5, 0.6) is 0 Å². The molecule has 1 amide bonds. The maximum atomic E-state index is 11.7. The van der Waals surface area contributed by atoms with Gasteiger partial charge in [-0.05, 0) is 5.56 Å². The van der Waals surface area contributed by atoms with Crippen LogP contribution in [0.1, 0.15) is 12.0 Å². The number of esters is 1. The Labute approximate surface area is 128 Å². The second-order valence-corrected chi connectivity index (χ2v) is 5.81. The molecule has 0 aromatic heterocycles. The van der Waals surface area contributed by atoms with E-state index >= 15 is 0 Å². The van der Waals surface area contributed by atoms with Crippen LogP contribution in [-0.4, -0.2) is 37.4 Å². The summed E-state index contributed by atoms with van der Waals surface area (Å²) in [5, 5.41) is 2.34. The summed E-state index contributed by atoms with van der Waals surface area (Å²) in [4.78, 5) is 33.6. The number of carbonyl (C=O) groups excluding carboxylic acids is 3. The van der Waals surface area contributed by atoms with E-state index in [9.17, 15) is 18.9 Å². The van der Waals surface area contributed by atoms with Gasteiger partial charge in [0.2, 0.25) is 0 Å². The van der Waals surface area contributed by atoms with E-state index in [1.807, 2.05) is 18.2 Å². The average Bonchev–Trinajstić information content (AvgIpc) is 2.56. The quantitative estimate of drug-likeness (QED) is 0.445. The summed E-state index contributed by atoms with van der Waals surface area (Å²) in [6, 6.07) is 8.35. The maximum absolute atomic E-state index is 11.7. The molecule has 0 saturated heterocycles. The van der Waals surface area contributed by atoms with Crippen molar-refractivity contribution in [2.75, 3.05) is 13.3 Å². The van der Waals surface area contributed by atoms with Crippen molar-refractivity contribution < 1.29 is 28.4 Å². The topological polar surface area (TPSA) is 98.8 Å². The second kappa shape index (κ2) is 9.63. The number of ether oxygens (including phenoxy) is 2. The smallest absolute Gasteiger partial charge is 0.411 e. The molecule has 0 aliphatic rings. The summed E-state index contributed by atoms with van der Waals surface area (Å²) < 4.78 is 20.6. The van der Waals surface area contributed by atoms with Gasteiger partial charge in [0.05, 0.1) is 7.11 Å². The summed E-state index contributed by atoms with van der Waals surface area (Å²) in [6.07, 6.45) is -0.779. The minimum absolute atomic E-state index is 0.0163. The molecule has 0 radical (unpaired) electrons. The number of carbonyl (C=O) groups is 3. The molecule has 2 atom stereocenters. The zero-order chi connectivity index (χ0) is 16.4. The van der Waals surface area contributed by atoms with Crippen molar-refractivity contribution in [2.45, 2.75) is 19.1 Å². The molecular weight excluding hydrogens is 309 g/mol. The van der Waals surface area contributed by atoms with Crippen LogP contribution in [0.25, 0.3) is 0 Å². The van der Waals surface area contributed by atoms with Gasteiger partial charge in [-0.25, -0.2) is 14.4 Å². The van der Waals surface area contributed by atoms with Gasteiger partial charge in [-0.1, -0.05) is 34.9 Å². The van der Waals surface area contributed by atoms with Gasteiger partial charge in [-0.3, -0.25) is 0 Å². The number of hydrogen-bond donors (Lipinski definition) is 1. The normalized spacial score (nSPS) is 12.0. The molecule has 1 aromatic rings. The highest BCUT2D eigenvalue weighted by molar-refractivity contribution is 7.60. The second-order valence-electron chi connectivity index (χ2n) is 4.32. The Balaban J connectivity index is 2.49. The van der Waals surface area contributed by atoms with Gasteiger partial charge in [-0.2, -0.15) is 0 Å². The summed E-state index contributed by atoms with van der Waals surface area (Å²) in [5.74, 6) is -0.689. The molecule has 2 unspecified atom stereocenters. The monoisotopic (exact) mass is 326 g/mol. The van der Waals surface area contributed by atoms with Gasteiger partial charge in [-0.15, -0.1) is 0 Å². The third-order valence-electron chi connectivity index (χ3n) is 2.75. The summed E-state index contributed by atoms with van der Waals surface area (Å²) >= 11 is 0. The number of benzene rings is 1. The van der Waals surface area contributed by atoms with Crippen molar-refractivity contribution >= 4 is 25.9 Å². The van der Waals surface area contributed by atoms with Gasteiger partial charge in [0, 0.05) is 6.42 Å². The lowest BCUT2D eigenvalue weighted by Gasteiger charge is -2.14. The minimum Gasteiger partial charge on any atom is -0.467 e. The molecule has 0 aliphatic carbocycles. The summed E-state index contributed by atoms with van der Waals surface area (Å²) in [6.45, 7) is 0.0587. The van der Waals surface area contributed by atoms with Crippen LogP contribution in [0.15, 0.2) is 30.3 Å². The zero-order valence-corrected chi connectivity index (χ0v) is 13.0. The van der Waals surface area contributed by atoms with E-state index in [0.29, 0.717) is 6.03 Å². The lowest BCUT2D eigenvalue weighted by molar-refractivity contribution is -0.143. The van der Waals surface area contributed by atoms with Gasteiger partial charge in [0.25, 0.3) is 0 Å². The molecule has 118 valence electrons. The zero-order valence-electron chi connectivity index (χ0n) is 12.1. The van der Waals surface area contributed by atoms with Gasteiger partial charge < -0.3 is 14.8 Å². The highest BCUT2D eigenvalue weighted by Gasteiger charge is 2.26. The van der Waals surface area contributed by atoms with Crippen LogP contribution in [0.4, 0.5) is 4.79 Å². The predicted molar refractivity (Wildman–Crippen MR) is 79.4 cm³/mol. The number of hydrogen-bond acceptors (Lipinski definition) is 6. The Bertz CT molecular complexity index is 533. The molecule has 0 saturated carbocycles. The molecule has 1 rings (SSSR count). The molecular formula is C14H17NO6P+. The summed E-state index contributed by atoms with van der Waals surface area (Å²) in [5.41, 5.74) is 0.802. The van der Waals surface area contributed by atoms with E-state index in [2.05, 4.69) is 10.1 Å². The first kappa shape index (κ1) is 17.8. The third-order valence-corrected chi connectivity index (χ3v) is 3.68. The number of amides is 1. The van der Waals surface area contributed by atoms with E-state index in [-0.39, 0.29) is 19.2 Å². The Morgan fingerprint density at radius 1 is 1.32 bits per heavy atom. The van der Waals surface area contributed by atoms with E-state index < -0.39 is 25.9 Å². The van der Waals surface area contributed by atoms with Crippen LogP contribution < -0.4 is 5.32 Å². The van der Waals surface area contributed by atoms with Crippen LogP contribution in [-0.2, 0) is 30.2 Å². The Morgan fingerprint density at radius 3 is 2.59 bits per heavy atom. The van der Waals surface area contributed by atoms with Gasteiger partial charge in [0.1, 0.15) is 12.6 Å². The Hall–Kier alpha value is -2.27. The largest absolute Gasteiger partial charge is 0.467 e. The maximum Gasteiger partial charge on any atom is 0.411 e. The Morgan fingerprint density at radius 2 is 2.00 bits per heavy atom. The van der Waals surface area contributed by atoms with Crippen LogP contribution >= 0.6 is 7.80 Å². The first-order valence-corrected chi connectivity index (χ1v) is 8.02. The van der Waals surface area contributed by atoms with Crippen LogP contribution in [0, 0.1) is 0 Å². The average molecular weight is 326 g/mol. The molecule has 7 nitrogen and oxygen atoms in total. The highest BCUT2D eigenvalue weighted by atomic mass is 31.1. The fraction of sp³-hybridized carbons (Fsp3) is 0.357. The van der Waals surface area contributed by atoms with Crippen molar-refractivity contribution in [3.63, 3.8) is 0 Å². The molecule has 1 aromatic carbocycles. The molecule has 0 spiro atoms. The first-order valence-electron chi connectivity index (χ1n) is 6.51. The SMILES string of the molecule is COC(=O)C(CC[P+](=O)C=O)NC(=O)OCc1ccccc1. The van der Waals surface area contributed by atoms with Gasteiger partial charge in [0.15, 0.2) is 6.16 Å². The summed E-state index contributed by atoms with van der Waals surface area (Å²) in [7, 11) is -0.867.